The van der Waals surface area contributed by atoms with Gasteiger partial charge in [-0.15, -0.1) is 0 Å². The lowest BCUT2D eigenvalue weighted by Crippen LogP contribution is -2.17. The highest BCUT2D eigenvalue weighted by molar-refractivity contribution is 6.31. The average Bonchev–Trinajstić information content (AvgIpc) is 2.43. The van der Waals surface area contributed by atoms with E-state index >= 15 is 0 Å². The molecule has 0 unspecified atom stereocenters. The summed E-state index contributed by atoms with van der Waals surface area (Å²) in [6.45, 7) is -1.38. The smallest absolute Gasteiger partial charge is 0.387 e. The summed E-state index contributed by atoms with van der Waals surface area (Å²) in [6, 6.07) is 14.3. The highest BCUT2D eigenvalue weighted by atomic mass is 35.5. The van der Waals surface area contributed by atoms with Crippen molar-refractivity contribution in [2.45, 2.75) is 19.7 Å². The number of hydrogen-bond donors (Lipinski definition) is 0. The van der Waals surface area contributed by atoms with Gasteiger partial charge in [-0.25, -0.2) is 0 Å². The molecule has 0 N–H and O–H groups in total. The van der Waals surface area contributed by atoms with Gasteiger partial charge in [0, 0.05) is 18.1 Å². The summed E-state index contributed by atoms with van der Waals surface area (Å²) in [5.74, 6) is 0.169. The molecule has 0 atom stereocenters. The minimum Gasteiger partial charge on any atom is -0.435 e. The van der Waals surface area contributed by atoms with Gasteiger partial charge in [0.25, 0.3) is 0 Å². The summed E-state index contributed by atoms with van der Waals surface area (Å²) in [6.07, 6.45) is 0. The predicted molar refractivity (Wildman–Crippen MR) is 79.7 cm³/mol. The lowest BCUT2D eigenvalue weighted by molar-refractivity contribution is -0.0498. The Hall–Kier alpha value is -1.65. The van der Waals surface area contributed by atoms with Crippen LogP contribution in [0, 0.1) is 0 Å². The standard InChI is InChI=1S/C16H16ClF2NO/c1-20(11-13-4-2-3-5-15(13)17)10-12-6-8-14(9-7-12)21-16(18)19/h2-9,16H,10-11H2,1H3. The van der Waals surface area contributed by atoms with Crippen LogP contribution in [0.2, 0.25) is 5.02 Å². The molecule has 0 saturated heterocycles. The van der Waals surface area contributed by atoms with Crippen molar-refractivity contribution in [2.24, 2.45) is 0 Å². The third kappa shape index (κ3) is 4.99. The molecule has 0 radical (unpaired) electrons. The summed E-state index contributed by atoms with van der Waals surface area (Å²) in [5, 5.41) is 0.741. The molecule has 5 heteroatoms. The molecule has 0 bridgehead atoms. The van der Waals surface area contributed by atoms with Crippen LogP contribution in [-0.2, 0) is 13.1 Å². The molecule has 0 saturated carbocycles. The lowest BCUT2D eigenvalue weighted by Gasteiger charge is -2.17. The molecule has 0 heterocycles. The van der Waals surface area contributed by atoms with Crippen molar-refractivity contribution in [3.8, 4) is 5.75 Å². The first kappa shape index (κ1) is 15.7. The van der Waals surface area contributed by atoms with E-state index in [-0.39, 0.29) is 5.75 Å². The monoisotopic (exact) mass is 311 g/mol. The topological polar surface area (TPSA) is 12.5 Å². The maximum atomic E-state index is 12.1. The quantitative estimate of drug-likeness (QED) is 0.774. The second-order valence-electron chi connectivity index (χ2n) is 4.79. The zero-order valence-corrected chi connectivity index (χ0v) is 12.4. The van der Waals surface area contributed by atoms with Crippen molar-refractivity contribution >= 4 is 11.6 Å². The van der Waals surface area contributed by atoms with Gasteiger partial charge in [0.1, 0.15) is 5.75 Å². The molecule has 2 aromatic carbocycles. The van der Waals surface area contributed by atoms with E-state index < -0.39 is 6.61 Å². The molecule has 2 nitrogen and oxygen atoms in total. The van der Waals surface area contributed by atoms with E-state index in [1.165, 1.54) is 0 Å². The van der Waals surface area contributed by atoms with Crippen molar-refractivity contribution in [3.63, 3.8) is 0 Å². The van der Waals surface area contributed by atoms with Gasteiger partial charge >= 0.3 is 6.61 Å². The molecule has 0 aliphatic heterocycles. The van der Waals surface area contributed by atoms with Crippen molar-refractivity contribution in [1.29, 1.82) is 0 Å². The zero-order chi connectivity index (χ0) is 15.2. The number of rotatable bonds is 6. The highest BCUT2D eigenvalue weighted by Gasteiger charge is 2.06. The van der Waals surface area contributed by atoms with E-state index in [4.69, 9.17) is 11.6 Å². The Morgan fingerprint density at radius 2 is 1.71 bits per heavy atom. The fourth-order valence-corrected chi connectivity index (χ4v) is 2.26. The summed E-state index contributed by atoms with van der Waals surface area (Å²) in [7, 11) is 1.98. The number of alkyl halides is 2. The van der Waals surface area contributed by atoms with Crippen molar-refractivity contribution in [2.75, 3.05) is 7.05 Å². The van der Waals surface area contributed by atoms with E-state index in [2.05, 4.69) is 9.64 Å². The van der Waals surface area contributed by atoms with Crippen LogP contribution in [-0.4, -0.2) is 18.6 Å². The number of nitrogens with zero attached hydrogens (tertiary/aromatic N) is 1. The van der Waals surface area contributed by atoms with Crippen LogP contribution >= 0.6 is 11.6 Å². The van der Waals surface area contributed by atoms with Crippen molar-refractivity contribution < 1.29 is 13.5 Å². The van der Waals surface area contributed by atoms with Gasteiger partial charge in [-0.2, -0.15) is 8.78 Å². The Bertz CT molecular complexity index is 575. The second kappa shape index (κ2) is 7.38. The first-order valence-electron chi connectivity index (χ1n) is 6.50. The molecule has 2 aromatic rings. The highest BCUT2D eigenvalue weighted by Crippen LogP contribution is 2.19. The third-order valence-electron chi connectivity index (χ3n) is 3.00. The fourth-order valence-electron chi connectivity index (χ4n) is 2.06. The number of ether oxygens (including phenoxy) is 1. The number of benzene rings is 2. The van der Waals surface area contributed by atoms with Crippen LogP contribution < -0.4 is 4.74 Å². The average molecular weight is 312 g/mol. The predicted octanol–water partition coefficient (Wildman–Crippen LogP) is 4.57. The van der Waals surface area contributed by atoms with Crippen LogP contribution in [0.3, 0.4) is 0 Å². The Morgan fingerprint density at radius 1 is 1.05 bits per heavy atom. The second-order valence-corrected chi connectivity index (χ2v) is 5.19. The number of halogens is 3. The minimum absolute atomic E-state index is 0.169. The third-order valence-corrected chi connectivity index (χ3v) is 3.37. The van der Waals surface area contributed by atoms with Gasteiger partial charge in [-0.1, -0.05) is 41.9 Å². The normalized spacial score (nSPS) is 11.1. The summed E-state index contributed by atoms with van der Waals surface area (Å²) in [5.41, 5.74) is 2.07. The van der Waals surface area contributed by atoms with E-state index in [1.54, 1.807) is 24.3 Å². The van der Waals surface area contributed by atoms with Crippen LogP contribution in [0.5, 0.6) is 5.75 Å². The summed E-state index contributed by atoms with van der Waals surface area (Å²) in [4.78, 5) is 2.10. The van der Waals surface area contributed by atoms with Crippen molar-refractivity contribution in [1.82, 2.24) is 4.90 Å². The minimum atomic E-state index is -2.79. The van der Waals surface area contributed by atoms with Gasteiger partial charge in [0.15, 0.2) is 0 Å². The van der Waals surface area contributed by atoms with E-state index in [1.807, 2.05) is 31.3 Å². The SMILES string of the molecule is CN(Cc1ccc(OC(F)F)cc1)Cc1ccccc1Cl. The van der Waals surface area contributed by atoms with E-state index in [0.717, 1.165) is 22.7 Å². The first-order valence-corrected chi connectivity index (χ1v) is 6.88. The molecular formula is C16H16ClF2NO. The van der Waals surface area contributed by atoms with E-state index in [9.17, 15) is 8.78 Å². The Balaban J connectivity index is 1.93. The van der Waals surface area contributed by atoms with E-state index in [0.29, 0.717) is 6.54 Å². The molecular weight excluding hydrogens is 296 g/mol. The lowest BCUT2D eigenvalue weighted by atomic mass is 10.2. The Labute approximate surface area is 127 Å². The van der Waals surface area contributed by atoms with Gasteiger partial charge in [-0.05, 0) is 36.4 Å². The van der Waals surface area contributed by atoms with Crippen LogP contribution in [0.1, 0.15) is 11.1 Å². The summed E-state index contributed by atoms with van der Waals surface area (Å²) < 4.78 is 28.5. The van der Waals surface area contributed by atoms with Crippen LogP contribution in [0.25, 0.3) is 0 Å². The molecule has 2 rings (SSSR count). The molecule has 0 aliphatic carbocycles. The number of hydrogen-bond acceptors (Lipinski definition) is 2. The molecule has 0 spiro atoms. The van der Waals surface area contributed by atoms with Crippen LogP contribution in [0.15, 0.2) is 48.5 Å². The zero-order valence-electron chi connectivity index (χ0n) is 11.6. The van der Waals surface area contributed by atoms with Gasteiger partial charge in [-0.3, -0.25) is 4.90 Å². The maximum absolute atomic E-state index is 12.1. The van der Waals surface area contributed by atoms with Crippen molar-refractivity contribution in [3.05, 3.63) is 64.7 Å². The molecule has 0 amide bonds. The molecule has 112 valence electrons. The molecule has 0 aromatic heterocycles. The van der Waals surface area contributed by atoms with Crippen LogP contribution in [0.4, 0.5) is 8.78 Å². The maximum Gasteiger partial charge on any atom is 0.387 e. The Kier molecular flexibility index (Phi) is 5.53. The fraction of sp³-hybridized carbons (Fsp3) is 0.250. The largest absolute Gasteiger partial charge is 0.435 e. The first-order chi connectivity index (χ1) is 10.0. The Morgan fingerprint density at radius 3 is 2.33 bits per heavy atom. The summed E-state index contributed by atoms with van der Waals surface area (Å²) >= 11 is 6.13. The van der Waals surface area contributed by atoms with Gasteiger partial charge in [0.05, 0.1) is 0 Å². The van der Waals surface area contributed by atoms with Gasteiger partial charge < -0.3 is 4.74 Å². The molecule has 21 heavy (non-hydrogen) atoms. The van der Waals surface area contributed by atoms with Gasteiger partial charge in [0.2, 0.25) is 0 Å². The molecule has 0 fully saturated rings. The molecule has 0 aliphatic rings.